The summed E-state index contributed by atoms with van der Waals surface area (Å²) in [6.07, 6.45) is 5.24. The number of ketones is 2. The Morgan fingerprint density at radius 3 is 2.50 bits per heavy atom. The molecule has 0 heterocycles. The molecule has 0 unspecified atom stereocenters. The average molecular weight is 356 g/mol. The molecule has 3 bridgehead atoms. The fraction of sp³-hybridized carbons (Fsp3) is 0.591. The normalized spacial score (nSPS) is 33.5. The summed E-state index contributed by atoms with van der Waals surface area (Å²) in [4.78, 5) is 37.7. The largest absolute Gasteiger partial charge is 0.458 e. The van der Waals surface area contributed by atoms with Gasteiger partial charge in [-0.2, -0.15) is 0 Å². The lowest BCUT2D eigenvalue weighted by Crippen LogP contribution is -2.33. The summed E-state index contributed by atoms with van der Waals surface area (Å²) >= 11 is 0. The number of carbonyl (C=O) groups excluding carboxylic acids is 3. The van der Waals surface area contributed by atoms with Gasteiger partial charge in [-0.15, -0.1) is 0 Å². The number of allylic oxidation sites excluding steroid dienone is 3. The molecule has 0 N–H and O–H groups in total. The molecule has 4 nitrogen and oxygen atoms in total. The number of esters is 1. The van der Waals surface area contributed by atoms with Gasteiger partial charge in [0.1, 0.15) is 12.0 Å². The second-order valence-electron chi connectivity index (χ2n) is 8.52. The molecule has 0 aromatic rings. The van der Waals surface area contributed by atoms with Crippen LogP contribution in [0.4, 0.5) is 0 Å². The number of ether oxygens (including phenoxy) is 1. The zero-order valence-corrected chi connectivity index (χ0v) is 16.2. The van der Waals surface area contributed by atoms with Gasteiger partial charge in [0.15, 0.2) is 11.6 Å². The van der Waals surface area contributed by atoms with Crippen molar-refractivity contribution in [1.29, 1.82) is 0 Å². The maximum Gasteiger partial charge on any atom is 0.303 e. The van der Waals surface area contributed by atoms with Crippen LogP contribution in [0.15, 0.2) is 34.9 Å². The molecule has 3 aliphatic rings. The second-order valence-corrected chi connectivity index (χ2v) is 8.52. The molecule has 0 aliphatic heterocycles. The summed E-state index contributed by atoms with van der Waals surface area (Å²) in [7, 11) is 0. The lowest BCUT2D eigenvalue weighted by molar-refractivity contribution is -0.144. The Kier molecular flexibility index (Phi) is 4.80. The van der Waals surface area contributed by atoms with Crippen LogP contribution in [0.1, 0.15) is 59.8 Å². The van der Waals surface area contributed by atoms with Gasteiger partial charge in [0.25, 0.3) is 0 Å². The van der Waals surface area contributed by atoms with Gasteiger partial charge >= 0.3 is 5.97 Å². The van der Waals surface area contributed by atoms with Crippen molar-refractivity contribution in [1.82, 2.24) is 0 Å². The van der Waals surface area contributed by atoms with Gasteiger partial charge in [-0.25, -0.2) is 0 Å². The summed E-state index contributed by atoms with van der Waals surface area (Å²) in [6.45, 7) is 11.6. The first-order valence-corrected chi connectivity index (χ1v) is 9.47. The molecule has 0 amide bonds. The maximum absolute atomic E-state index is 13.2. The molecular formula is C22H28O4. The van der Waals surface area contributed by atoms with Crippen molar-refractivity contribution >= 4 is 17.5 Å². The van der Waals surface area contributed by atoms with E-state index in [9.17, 15) is 14.4 Å². The summed E-state index contributed by atoms with van der Waals surface area (Å²) < 4.78 is 5.41. The number of fused-ring (bicyclic) bond motifs is 2. The van der Waals surface area contributed by atoms with Gasteiger partial charge in [0.2, 0.25) is 0 Å². The monoisotopic (exact) mass is 356 g/mol. The number of hydrogen-bond donors (Lipinski definition) is 0. The summed E-state index contributed by atoms with van der Waals surface area (Å²) in [6, 6.07) is 0. The van der Waals surface area contributed by atoms with E-state index >= 15 is 0 Å². The third kappa shape index (κ3) is 3.10. The van der Waals surface area contributed by atoms with E-state index < -0.39 is 12.0 Å². The van der Waals surface area contributed by atoms with E-state index in [0.29, 0.717) is 24.3 Å². The minimum absolute atomic E-state index is 0.0468. The van der Waals surface area contributed by atoms with Gasteiger partial charge in [0, 0.05) is 24.5 Å². The molecule has 0 aromatic carbocycles. The fourth-order valence-corrected chi connectivity index (χ4v) is 4.97. The van der Waals surface area contributed by atoms with Gasteiger partial charge in [-0.3, -0.25) is 14.4 Å². The first kappa shape index (κ1) is 18.8. The molecule has 3 atom stereocenters. The fourth-order valence-electron chi connectivity index (χ4n) is 4.97. The molecule has 3 rings (SSSR count). The molecule has 0 spiro atoms. The first-order valence-electron chi connectivity index (χ1n) is 9.47. The Balaban J connectivity index is 2.07. The molecular weight excluding hydrogens is 328 g/mol. The summed E-state index contributed by atoms with van der Waals surface area (Å²) in [5.41, 5.74) is 2.91. The van der Waals surface area contributed by atoms with E-state index in [4.69, 9.17) is 4.74 Å². The van der Waals surface area contributed by atoms with Crippen LogP contribution in [0.3, 0.4) is 0 Å². The number of rotatable bonds is 1. The van der Waals surface area contributed by atoms with Crippen molar-refractivity contribution in [3.05, 3.63) is 34.9 Å². The minimum Gasteiger partial charge on any atom is -0.458 e. The van der Waals surface area contributed by atoms with Crippen LogP contribution in [0.25, 0.3) is 0 Å². The number of hydrogen-bond acceptors (Lipinski definition) is 4. The highest BCUT2D eigenvalue weighted by atomic mass is 16.5. The van der Waals surface area contributed by atoms with Crippen molar-refractivity contribution in [3.8, 4) is 0 Å². The highest BCUT2D eigenvalue weighted by molar-refractivity contribution is 6.26. The quantitative estimate of drug-likeness (QED) is 0.403. The third-order valence-corrected chi connectivity index (χ3v) is 6.34. The number of carbonyl (C=O) groups is 3. The summed E-state index contributed by atoms with van der Waals surface area (Å²) in [5.74, 6) is -0.863. The first-order chi connectivity index (χ1) is 12.1. The predicted molar refractivity (Wildman–Crippen MR) is 99.3 cm³/mol. The van der Waals surface area contributed by atoms with Gasteiger partial charge in [0.05, 0.1) is 0 Å². The smallest absolute Gasteiger partial charge is 0.303 e. The molecule has 0 radical (unpaired) electrons. The van der Waals surface area contributed by atoms with E-state index in [1.54, 1.807) is 13.0 Å². The molecule has 4 heteroatoms. The Hall–Kier alpha value is -1.97. The lowest BCUT2D eigenvalue weighted by atomic mass is 9.64. The Morgan fingerprint density at radius 1 is 1.19 bits per heavy atom. The van der Waals surface area contributed by atoms with Gasteiger partial charge < -0.3 is 4.74 Å². The van der Waals surface area contributed by atoms with E-state index in [-0.39, 0.29) is 23.0 Å². The lowest BCUT2D eigenvalue weighted by Gasteiger charge is -2.40. The predicted octanol–water partition coefficient (Wildman–Crippen LogP) is 4.11. The van der Waals surface area contributed by atoms with Crippen molar-refractivity contribution in [2.24, 2.45) is 17.3 Å². The topological polar surface area (TPSA) is 60.4 Å². The Bertz CT molecular complexity index is 750. The van der Waals surface area contributed by atoms with Crippen LogP contribution in [0, 0.1) is 17.3 Å². The molecule has 0 saturated carbocycles. The van der Waals surface area contributed by atoms with Crippen LogP contribution < -0.4 is 0 Å². The van der Waals surface area contributed by atoms with Crippen LogP contribution >= 0.6 is 0 Å². The van der Waals surface area contributed by atoms with Crippen molar-refractivity contribution in [2.75, 3.05) is 0 Å². The van der Waals surface area contributed by atoms with Crippen LogP contribution in [0.2, 0.25) is 0 Å². The molecule has 0 saturated heterocycles. The van der Waals surface area contributed by atoms with E-state index in [1.807, 2.05) is 0 Å². The van der Waals surface area contributed by atoms with Crippen molar-refractivity contribution < 1.29 is 19.1 Å². The van der Waals surface area contributed by atoms with Crippen molar-refractivity contribution in [2.45, 2.75) is 65.9 Å². The van der Waals surface area contributed by atoms with Gasteiger partial charge in [-0.05, 0) is 50.0 Å². The Labute approximate surface area is 155 Å². The third-order valence-electron chi connectivity index (χ3n) is 6.34. The minimum atomic E-state index is -0.747. The molecule has 0 fully saturated rings. The van der Waals surface area contributed by atoms with E-state index in [0.717, 1.165) is 36.0 Å². The second kappa shape index (κ2) is 6.64. The SMILES string of the molecule is C=C1CC[C@@H]2CCC3=C(C(=O)[C@H](C3=O)/C(C)=C/[C@@H](OC(C)=O)C1)C2(C)C. The maximum atomic E-state index is 13.2. The highest BCUT2D eigenvalue weighted by Crippen LogP contribution is 2.52. The zero-order chi connectivity index (χ0) is 19.2. The molecule has 0 aromatic heterocycles. The standard InChI is InChI=1S/C22H28O4/c1-12-6-7-15-8-9-17-19(22(15,4)5)21(25)18(20(17)24)13(2)11-16(10-12)26-14(3)23/h11,15-16,18H,1,6-10H2,2-5H3/b13-11+/t15-,16+,18+/m1/s1. The zero-order valence-electron chi connectivity index (χ0n) is 16.2. The van der Waals surface area contributed by atoms with E-state index in [1.165, 1.54) is 6.92 Å². The molecule has 3 aliphatic carbocycles. The van der Waals surface area contributed by atoms with E-state index in [2.05, 4.69) is 20.4 Å². The van der Waals surface area contributed by atoms with Crippen LogP contribution in [-0.2, 0) is 19.1 Å². The molecule has 26 heavy (non-hydrogen) atoms. The number of Topliss-reactive ketones (excluding diaryl/α,β-unsaturated/α-hetero) is 2. The van der Waals surface area contributed by atoms with Crippen LogP contribution in [0.5, 0.6) is 0 Å². The van der Waals surface area contributed by atoms with Crippen molar-refractivity contribution in [3.63, 3.8) is 0 Å². The average Bonchev–Trinajstić information content (AvgIpc) is 2.77. The van der Waals surface area contributed by atoms with Gasteiger partial charge in [-0.1, -0.05) is 31.6 Å². The Morgan fingerprint density at radius 2 is 1.85 bits per heavy atom. The molecule has 140 valence electrons. The summed E-state index contributed by atoms with van der Waals surface area (Å²) in [5, 5.41) is 0. The highest BCUT2D eigenvalue weighted by Gasteiger charge is 2.51. The van der Waals surface area contributed by atoms with Crippen LogP contribution in [-0.4, -0.2) is 23.6 Å².